The van der Waals surface area contributed by atoms with Crippen molar-refractivity contribution in [2.45, 2.75) is 0 Å². The molecule has 2 saturated heterocycles. The van der Waals surface area contributed by atoms with Crippen molar-refractivity contribution in [1.29, 1.82) is 0 Å². The van der Waals surface area contributed by atoms with E-state index in [0.717, 1.165) is 64.1 Å². The molecule has 0 radical (unpaired) electrons. The summed E-state index contributed by atoms with van der Waals surface area (Å²) in [7, 11) is 0. The van der Waals surface area contributed by atoms with E-state index in [0.29, 0.717) is 0 Å². The first-order valence-electron chi connectivity index (χ1n) is 6.54. The van der Waals surface area contributed by atoms with Crippen molar-refractivity contribution < 1.29 is 4.74 Å². The third-order valence-electron chi connectivity index (χ3n) is 3.39. The summed E-state index contributed by atoms with van der Waals surface area (Å²) in [4.78, 5) is 13.6. The lowest BCUT2D eigenvalue weighted by atomic mass is 10.3. The first kappa shape index (κ1) is 11.7. The lowest BCUT2D eigenvalue weighted by Crippen LogP contribution is -2.44. The van der Waals surface area contributed by atoms with Crippen LogP contribution in [0.5, 0.6) is 0 Å². The molecule has 2 aliphatic rings. The first-order chi connectivity index (χ1) is 8.93. The number of rotatable bonds is 2. The number of hydrogen-bond acceptors (Lipinski definition) is 6. The number of nitrogens with one attached hydrogen (secondary N) is 1. The van der Waals surface area contributed by atoms with Gasteiger partial charge in [-0.2, -0.15) is 0 Å². The average Bonchev–Trinajstić information content (AvgIpc) is 2.49. The summed E-state index contributed by atoms with van der Waals surface area (Å²) in [6, 6.07) is 0. The van der Waals surface area contributed by atoms with E-state index < -0.39 is 0 Å². The summed E-state index contributed by atoms with van der Waals surface area (Å²) in [5, 5.41) is 3.35. The van der Waals surface area contributed by atoms with Gasteiger partial charge in [-0.1, -0.05) is 0 Å². The maximum absolute atomic E-state index is 5.36. The summed E-state index contributed by atoms with van der Waals surface area (Å²) in [6.45, 7) is 7.40. The van der Waals surface area contributed by atoms with Gasteiger partial charge in [0.1, 0.15) is 11.6 Å². The first-order valence-corrected chi connectivity index (χ1v) is 6.54. The van der Waals surface area contributed by atoms with Gasteiger partial charge < -0.3 is 19.9 Å². The van der Waals surface area contributed by atoms with Crippen molar-refractivity contribution in [2.75, 3.05) is 62.3 Å². The monoisotopic (exact) mass is 249 g/mol. The highest BCUT2D eigenvalue weighted by Crippen LogP contribution is 2.17. The van der Waals surface area contributed by atoms with Gasteiger partial charge >= 0.3 is 0 Å². The Labute approximate surface area is 107 Å². The van der Waals surface area contributed by atoms with Gasteiger partial charge in [0, 0.05) is 39.3 Å². The Kier molecular flexibility index (Phi) is 3.56. The molecule has 2 aliphatic heterocycles. The highest BCUT2D eigenvalue weighted by molar-refractivity contribution is 5.46. The Hall–Kier alpha value is -1.40. The average molecular weight is 249 g/mol. The Morgan fingerprint density at radius 2 is 1.56 bits per heavy atom. The molecular weight excluding hydrogens is 230 g/mol. The third kappa shape index (κ3) is 2.54. The van der Waals surface area contributed by atoms with Gasteiger partial charge in [0.05, 0.1) is 25.6 Å². The molecule has 18 heavy (non-hydrogen) atoms. The van der Waals surface area contributed by atoms with E-state index in [1.807, 2.05) is 12.4 Å². The third-order valence-corrected chi connectivity index (χ3v) is 3.39. The molecule has 1 aromatic rings. The second-order valence-electron chi connectivity index (χ2n) is 4.57. The Morgan fingerprint density at radius 1 is 0.944 bits per heavy atom. The molecule has 2 fully saturated rings. The zero-order chi connectivity index (χ0) is 12.2. The van der Waals surface area contributed by atoms with Crippen LogP contribution in [0.3, 0.4) is 0 Å². The molecular formula is C12H19N5O. The zero-order valence-corrected chi connectivity index (χ0v) is 10.5. The molecule has 0 atom stereocenters. The van der Waals surface area contributed by atoms with Crippen LogP contribution >= 0.6 is 0 Å². The quantitative estimate of drug-likeness (QED) is 0.778. The summed E-state index contributed by atoms with van der Waals surface area (Å²) < 4.78 is 5.36. The van der Waals surface area contributed by atoms with Crippen molar-refractivity contribution in [3.63, 3.8) is 0 Å². The molecule has 0 aromatic carbocycles. The van der Waals surface area contributed by atoms with Gasteiger partial charge in [-0.3, -0.25) is 4.98 Å². The maximum atomic E-state index is 5.36. The van der Waals surface area contributed by atoms with Crippen molar-refractivity contribution in [1.82, 2.24) is 15.3 Å². The van der Waals surface area contributed by atoms with Crippen LogP contribution < -0.4 is 15.1 Å². The molecule has 98 valence electrons. The van der Waals surface area contributed by atoms with Crippen molar-refractivity contribution >= 4 is 11.6 Å². The van der Waals surface area contributed by atoms with E-state index in [1.54, 1.807) is 0 Å². The number of ether oxygens (including phenoxy) is 1. The number of hydrogen-bond donors (Lipinski definition) is 1. The number of aromatic nitrogens is 2. The van der Waals surface area contributed by atoms with Crippen LogP contribution in [0.4, 0.5) is 11.6 Å². The highest BCUT2D eigenvalue weighted by Gasteiger charge is 2.16. The Balaban J connectivity index is 1.75. The van der Waals surface area contributed by atoms with Crippen LogP contribution in [0, 0.1) is 0 Å². The molecule has 0 spiro atoms. The Morgan fingerprint density at radius 3 is 2.22 bits per heavy atom. The van der Waals surface area contributed by atoms with E-state index in [1.165, 1.54) is 0 Å². The summed E-state index contributed by atoms with van der Waals surface area (Å²) in [5.41, 5.74) is 0. The molecule has 0 bridgehead atoms. The van der Waals surface area contributed by atoms with Gasteiger partial charge in [0.15, 0.2) is 0 Å². The van der Waals surface area contributed by atoms with Crippen molar-refractivity contribution in [2.24, 2.45) is 0 Å². The lowest BCUT2D eigenvalue weighted by molar-refractivity contribution is 0.122. The van der Waals surface area contributed by atoms with Gasteiger partial charge in [-0.25, -0.2) is 4.98 Å². The summed E-state index contributed by atoms with van der Waals surface area (Å²) in [6.07, 6.45) is 3.70. The predicted molar refractivity (Wildman–Crippen MR) is 70.1 cm³/mol. The zero-order valence-electron chi connectivity index (χ0n) is 10.5. The number of nitrogens with zero attached hydrogens (tertiary/aromatic N) is 4. The summed E-state index contributed by atoms with van der Waals surface area (Å²) >= 11 is 0. The smallest absolute Gasteiger partial charge is 0.149 e. The lowest BCUT2D eigenvalue weighted by Gasteiger charge is -2.31. The Bertz CT molecular complexity index is 355. The molecule has 1 aromatic heterocycles. The van der Waals surface area contributed by atoms with Gasteiger partial charge in [0.2, 0.25) is 0 Å². The standard InChI is InChI=1S/C12H19N5O/c1-3-16(4-2-13-1)11-9-14-10-12(15-11)17-5-7-18-8-6-17/h9-10,13H,1-8H2. The number of piperazine rings is 1. The molecule has 3 heterocycles. The minimum atomic E-state index is 0.777. The van der Waals surface area contributed by atoms with E-state index in [2.05, 4.69) is 20.1 Å². The fourth-order valence-corrected chi connectivity index (χ4v) is 2.34. The van der Waals surface area contributed by atoms with Crippen molar-refractivity contribution in [3.8, 4) is 0 Å². The maximum Gasteiger partial charge on any atom is 0.149 e. The molecule has 0 amide bonds. The van der Waals surface area contributed by atoms with Gasteiger partial charge in [-0.05, 0) is 0 Å². The minimum absolute atomic E-state index is 0.777. The minimum Gasteiger partial charge on any atom is -0.378 e. The molecule has 0 unspecified atom stereocenters. The molecule has 6 heteroatoms. The van der Waals surface area contributed by atoms with Crippen LogP contribution in [0.2, 0.25) is 0 Å². The fraction of sp³-hybridized carbons (Fsp3) is 0.667. The van der Waals surface area contributed by atoms with Crippen LogP contribution in [0.15, 0.2) is 12.4 Å². The molecule has 0 saturated carbocycles. The van der Waals surface area contributed by atoms with E-state index >= 15 is 0 Å². The van der Waals surface area contributed by atoms with Crippen LogP contribution in [-0.2, 0) is 4.74 Å². The SMILES string of the molecule is c1ncc(N2CCOCC2)nc1N1CCNCC1. The van der Waals surface area contributed by atoms with Gasteiger partial charge in [0.25, 0.3) is 0 Å². The van der Waals surface area contributed by atoms with E-state index in [4.69, 9.17) is 9.72 Å². The normalized spacial score (nSPS) is 21.1. The van der Waals surface area contributed by atoms with Crippen LogP contribution in [0.25, 0.3) is 0 Å². The highest BCUT2D eigenvalue weighted by atomic mass is 16.5. The second kappa shape index (κ2) is 5.49. The topological polar surface area (TPSA) is 53.5 Å². The van der Waals surface area contributed by atoms with E-state index in [-0.39, 0.29) is 0 Å². The van der Waals surface area contributed by atoms with Crippen LogP contribution in [-0.4, -0.2) is 62.5 Å². The van der Waals surface area contributed by atoms with E-state index in [9.17, 15) is 0 Å². The predicted octanol–water partition coefficient (Wildman–Crippen LogP) is -0.277. The fourth-order valence-electron chi connectivity index (χ4n) is 2.34. The largest absolute Gasteiger partial charge is 0.378 e. The second-order valence-corrected chi connectivity index (χ2v) is 4.57. The molecule has 1 N–H and O–H groups in total. The molecule has 3 rings (SSSR count). The number of morpholine rings is 1. The van der Waals surface area contributed by atoms with Crippen molar-refractivity contribution in [3.05, 3.63) is 12.4 Å². The molecule has 0 aliphatic carbocycles. The number of anilines is 2. The summed E-state index contributed by atoms with van der Waals surface area (Å²) in [5.74, 6) is 1.95. The molecule has 6 nitrogen and oxygen atoms in total. The van der Waals surface area contributed by atoms with Gasteiger partial charge in [-0.15, -0.1) is 0 Å². The van der Waals surface area contributed by atoms with Crippen LogP contribution in [0.1, 0.15) is 0 Å².